The van der Waals surface area contributed by atoms with E-state index in [4.69, 9.17) is 0 Å². The number of aliphatic hydroxyl groups is 1. The van der Waals surface area contributed by atoms with E-state index in [0.717, 1.165) is 26.4 Å². The lowest BCUT2D eigenvalue weighted by atomic mass is 10.0. The van der Waals surface area contributed by atoms with Crippen molar-refractivity contribution in [3.8, 4) is 10.4 Å². The predicted molar refractivity (Wildman–Crippen MR) is 85.0 cm³/mol. The summed E-state index contributed by atoms with van der Waals surface area (Å²) < 4.78 is 13.0. The third-order valence-electron chi connectivity index (χ3n) is 3.51. The van der Waals surface area contributed by atoms with E-state index in [9.17, 15) is 9.50 Å². The predicted octanol–water partition coefficient (Wildman–Crippen LogP) is 4.94. The van der Waals surface area contributed by atoms with Crippen LogP contribution in [0.2, 0.25) is 0 Å². The Balaban J connectivity index is 1.91. The summed E-state index contributed by atoms with van der Waals surface area (Å²) in [6.45, 7) is 1.99. The quantitative estimate of drug-likeness (QED) is 0.726. The normalized spacial score (nSPS) is 12.3. The summed E-state index contributed by atoms with van der Waals surface area (Å²) in [5, 5.41) is 10.5. The van der Waals surface area contributed by atoms with E-state index in [1.54, 1.807) is 12.1 Å². The summed E-state index contributed by atoms with van der Waals surface area (Å²) in [4.78, 5) is 1.92. The maximum Gasteiger partial charge on any atom is 0.123 e. The molecule has 1 heterocycles. The molecule has 1 N–H and O–H groups in total. The third-order valence-corrected chi connectivity index (χ3v) is 4.69. The molecule has 0 saturated heterocycles. The summed E-state index contributed by atoms with van der Waals surface area (Å²) in [6, 6.07) is 18.1. The molecule has 0 fully saturated rings. The minimum atomic E-state index is -0.620. The Kier molecular flexibility index (Phi) is 3.86. The number of rotatable bonds is 3. The summed E-state index contributed by atoms with van der Waals surface area (Å²) >= 11 is 1.53. The van der Waals surface area contributed by atoms with Gasteiger partial charge < -0.3 is 5.11 Å². The lowest BCUT2D eigenvalue weighted by molar-refractivity contribution is 0.223. The first-order valence-electron chi connectivity index (χ1n) is 6.74. The van der Waals surface area contributed by atoms with Gasteiger partial charge in [0.25, 0.3) is 0 Å². The van der Waals surface area contributed by atoms with Crippen molar-refractivity contribution in [3.05, 3.63) is 82.5 Å². The van der Waals surface area contributed by atoms with E-state index in [-0.39, 0.29) is 5.82 Å². The maximum absolute atomic E-state index is 13.0. The van der Waals surface area contributed by atoms with E-state index in [1.165, 1.54) is 23.5 Å². The Hall–Kier alpha value is -1.97. The summed E-state index contributed by atoms with van der Waals surface area (Å²) in [7, 11) is 0. The summed E-state index contributed by atoms with van der Waals surface area (Å²) in [5.41, 5.74) is 2.95. The Morgan fingerprint density at radius 2 is 1.67 bits per heavy atom. The molecule has 1 unspecified atom stereocenters. The van der Waals surface area contributed by atoms with Crippen LogP contribution < -0.4 is 0 Å². The molecular weight excluding hydrogens is 283 g/mol. The van der Waals surface area contributed by atoms with E-state index < -0.39 is 6.10 Å². The van der Waals surface area contributed by atoms with Gasteiger partial charge in [0.05, 0.1) is 0 Å². The number of halogens is 1. The van der Waals surface area contributed by atoms with Crippen LogP contribution >= 0.6 is 11.3 Å². The Morgan fingerprint density at radius 3 is 2.38 bits per heavy atom. The van der Waals surface area contributed by atoms with E-state index >= 15 is 0 Å². The average Bonchev–Trinajstić information content (AvgIpc) is 2.98. The highest BCUT2D eigenvalue weighted by Gasteiger charge is 2.15. The zero-order valence-electron chi connectivity index (χ0n) is 11.6. The lowest BCUT2D eigenvalue weighted by Gasteiger charge is -2.11. The second-order valence-corrected chi connectivity index (χ2v) is 6.08. The zero-order valence-corrected chi connectivity index (χ0v) is 12.4. The van der Waals surface area contributed by atoms with Gasteiger partial charge in [0.2, 0.25) is 0 Å². The van der Waals surface area contributed by atoms with Crippen LogP contribution in [0.3, 0.4) is 0 Å². The number of aryl methyl sites for hydroxylation is 1. The van der Waals surface area contributed by atoms with Crippen LogP contribution in [-0.2, 0) is 0 Å². The van der Waals surface area contributed by atoms with Gasteiger partial charge in [-0.1, -0.05) is 36.4 Å². The van der Waals surface area contributed by atoms with Crippen molar-refractivity contribution in [2.75, 3.05) is 0 Å². The van der Waals surface area contributed by atoms with E-state index in [0.29, 0.717) is 0 Å². The first-order valence-corrected chi connectivity index (χ1v) is 7.56. The number of hydrogen-bond acceptors (Lipinski definition) is 2. The van der Waals surface area contributed by atoms with Crippen molar-refractivity contribution < 1.29 is 9.50 Å². The molecule has 0 saturated carbocycles. The van der Waals surface area contributed by atoms with E-state index in [1.807, 2.05) is 43.3 Å². The highest BCUT2D eigenvalue weighted by Crippen LogP contribution is 2.34. The minimum Gasteiger partial charge on any atom is -0.383 e. The molecule has 0 aliphatic rings. The SMILES string of the molecule is Cc1ccccc1C(O)c1ccc(-c2ccc(F)cc2)s1. The largest absolute Gasteiger partial charge is 0.383 e. The van der Waals surface area contributed by atoms with Crippen LogP contribution in [0, 0.1) is 12.7 Å². The van der Waals surface area contributed by atoms with Gasteiger partial charge in [0.15, 0.2) is 0 Å². The second-order valence-electron chi connectivity index (χ2n) is 4.97. The van der Waals surface area contributed by atoms with Crippen molar-refractivity contribution in [3.63, 3.8) is 0 Å². The number of benzene rings is 2. The van der Waals surface area contributed by atoms with Crippen LogP contribution in [0.15, 0.2) is 60.7 Å². The molecule has 1 atom stereocenters. The molecular formula is C18H15FOS. The highest BCUT2D eigenvalue weighted by molar-refractivity contribution is 7.15. The average molecular weight is 298 g/mol. The van der Waals surface area contributed by atoms with Crippen LogP contribution in [-0.4, -0.2) is 5.11 Å². The molecule has 0 spiro atoms. The van der Waals surface area contributed by atoms with Gasteiger partial charge in [0.1, 0.15) is 11.9 Å². The van der Waals surface area contributed by atoms with Gasteiger partial charge in [-0.15, -0.1) is 11.3 Å². The molecule has 3 heteroatoms. The van der Waals surface area contributed by atoms with Gasteiger partial charge in [-0.3, -0.25) is 0 Å². The molecule has 1 aromatic heterocycles. The van der Waals surface area contributed by atoms with Crippen molar-refractivity contribution in [2.45, 2.75) is 13.0 Å². The van der Waals surface area contributed by atoms with Crippen LogP contribution in [0.1, 0.15) is 22.1 Å². The number of aliphatic hydroxyl groups excluding tert-OH is 1. The second kappa shape index (κ2) is 5.80. The van der Waals surface area contributed by atoms with Crippen LogP contribution in [0.5, 0.6) is 0 Å². The number of hydrogen-bond donors (Lipinski definition) is 1. The van der Waals surface area contributed by atoms with Gasteiger partial charge in [-0.25, -0.2) is 4.39 Å². The lowest BCUT2D eigenvalue weighted by Crippen LogP contribution is -1.99. The summed E-state index contributed by atoms with van der Waals surface area (Å²) in [5.74, 6) is -0.240. The fraction of sp³-hybridized carbons (Fsp3) is 0.111. The monoisotopic (exact) mass is 298 g/mol. The first-order chi connectivity index (χ1) is 10.1. The molecule has 0 amide bonds. The molecule has 1 nitrogen and oxygen atoms in total. The van der Waals surface area contributed by atoms with Crippen LogP contribution in [0.4, 0.5) is 4.39 Å². The van der Waals surface area contributed by atoms with Crippen molar-refractivity contribution in [1.29, 1.82) is 0 Å². The molecule has 0 aliphatic heterocycles. The van der Waals surface area contributed by atoms with Gasteiger partial charge in [-0.05, 0) is 47.9 Å². The smallest absolute Gasteiger partial charge is 0.123 e. The van der Waals surface area contributed by atoms with Crippen molar-refractivity contribution >= 4 is 11.3 Å². The van der Waals surface area contributed by atoms with Gasteiger partial charge in [0, 0.05) is 9.75 Å². The Morgan fingerprint density at radius 1 is 0.952 bits per heavy atom. The first kappa shape index (κ1) is 14.0. The minimum absolute atomic E-state index is 0.240. The highest BCUT2D eigenvalue weighted by atomic mass is 32.1. The standard InChI is InChI=1S/C18H15FOS/c1-12-4-2-3-5-15(12)18(20)17-11-10-16(21-17)13-6-8-14(19)9-7-13/h2-11,18,20H,1H3. The molecule has 2 aromatic carbocycles. The zero-order chi connectivity index (χ0) is 14.8. The molecule has 0 bridgehead atoms. The van der Waals surface area contributed by atoms with Crippen molar-refractivity contribution in [2.24, 2.45) is 0 Å². The molecule has 0 radical (unpaired) electrons. The van der Waals surface area contributed by atoms with Gasteiger partial charge >= 0.3 is 0 Å². The topological polar surface area (TPSA) is 20.2 Å². The third kappa shape index (κ3) is 2.89. The molecule has 106 valence electrons. The fourth-order valence-corrected chi connectivity index (χ4v) is 3.33. The van der Waals surface area contributed by atoms with Crippen molar-refractivity contribution in [1.82, 2.24) is 0 Å². The van der Waals surface area contributed by atoms with E-state index in [2.05, 4.69) is 0 Å². The summed E-state index contributed by atoms with van der Waals surface area (Å²) in [6.07, 6.45) is -0.620. The molecule has 0 aliphatic carbocycles. The Labute approximate surface area is 127 Å². The Bertz CT molecular complexity index is 746. The van der Waals surface area contributed by atoms with Crippen LogP contribution in [0.25, 0.3) is 10.4 Å². The maximum atomic E-state index is 13.0. The molecule has 3 rings (SSSR count). The fourth-order valence-electron chi connectivity index (χ4n) is 2.32. The molecule has 3 aromatic rings. The van der Waals surface area contributed by atoms with Gasteiger partial charge in [-0.2, -0.15) is 0 Å². The molecule has 21 heavy (non-hydrogen) atoms. The number of thiophene rings is 1.